The van der Waals surface area contributed by atoms with Gasteiger partial charge in [0, 0.05) is 27.3 Å². The molecule has 8 rings (SSSR count). The van der Waals surface area contributed by atoms with Crippen molar-refractivity contribution in [1.29, 1.82) is 0 Å². The third kappa shape index (κ3) is 4.23. The van der Waals surface area contributed by atoms with Gasteiger partial charge in [-0.2, -0.15) is 0 Å². The van der Waals surface area contributed by atoms with E-state index in [1.165, 1.54) is 0 Å². The van der Waals surface area contributed by atoms with E-state index in [0.717, 1.165) is 83.4 Å². The number of rotatable bonds is 5. The van der Waals surface area contributed by atoms with Crippen molar-refractivity contribution in [3.8, 4) is 33.6 Å². The molecule has 0 bridgehead atoms. The number of hydrogen-bond donors (Lipinski definition) is 2. The minimum atomic E-state index is 0.679. The maximum absolute atomic E-state index is 6.50. The molecular formula is C39H28N2O2. The maximum Gasteiger partial charge on any atom is 0.159 e. The number of nitrogens with one attached hydrogen (secondary N) is 1. The Morgan fingerprint density at radius 2 is 1.21 bits per heavy atom. The zero-order valence-corrected chi connectivity index (χ0v) is 23.6. The number of nitrogen functional groups attached to an aromatic ring is 1. The van der Waals surface area contributed by atoms with Gasteiger partial charge in [0.25, 0.3) is 0 Å². The van der Waals surface area contributed by atoms with Crippen LogP contribution in [-0.4, -0.2) is 0 Å². The molecule has 4 heteroatoms. The first-order chi connectivity index (χ1) is 21.1. The summed E-state index contributed by atoms with van der Waals surface area (Å²) < 4.78 is 12.8. The molecule has 3 N–H and O–H groups in total. The Hall–Kier alpha value is -5.74. The molecule has 0 aliphatic carbocycles. The number of nitrogens with two attached hydrogens (primary N) is 1. The predicted molar refractivity (Wildman–Crippen MR) is 179 cm³/mol. The molecule has 0 spiro atoms. The van der Waals surface area contributed by atoms with Crippen molar-refractivity contribution in [2.45, 2.75) is 6.92 Å². The van der Waals surface area contributed by atoms with E-state index in [-0.39, 0.29) is 0 Å². The molecule has 2 heterocycles. The largest absolute Gasteiger partial charge is 0.455 e. The molecule has 0 saturated carbocycles. The van der Waals surface area contributed by atoms with E-state index in [9.17, 15) is 0 Å². The Kier molecular flexibility index (Phi) is 5.80. The van der Waals surface area contributed by atoms with Crippen LogP contribution in [0.3, 0.4) is 0 Å². The van der Waals surface area contributed by atoms with E-state index in [0.29, 0.717) is 5.69 Å². The topological polar surface area (TPSA) is 64.3 Å². The number of benzene rings is 6. The van der Waals surface area contributed by atoms with Crippen LogP contribution < -0.4 is 11.1 Å². The summed E-state index contributed by atoms with van der Waals surface area (Å²) in [5.74, 6) is 0.794. The van der Waals surface area contributed by atoms with Gasteiger partial charge in [-0.05, 0) is 59.5 Å². The van der Waals surface area contributed by atoms with Crippen molar-refractivity contribution in [2.75, 3.05) is 11.1 Å². The quantitative estimate of drug-likeness (QED) is 0.207. The highest BCUT2D eigenvalue weighted by atomic mass is 16.3. The lowest BCUT2D eigenvalue weighted by Crippen LogP contribution is -1.97. The molecular weight excluding hydrogens is 528 g/mol. The lowest BCUT2D eigenvalue weighted by Gasteiger charge is -2.11. The van der Waals surface area contributed by atoms with Crippen LogP contribution in [0.4, 0.5) is 17.1 Å². The normalized spacial score (nSPS) is 11.5. The Morgan fingerprint density at radius 1 is 0.535 bits per heavy atom. The Morgan fingerprint density at radius 3 is 2.07 bits per heavy atom. The van der Waals surface area contributed by atoms with Crippen molar-refractivity contribution in [2.24, 2.45) is 0 Å². The summed E-state index contributed by atoms with van der Waals surface area (Å²) in [4.78, 5) is 0. The zero-order valence-electron chi connectivity index (χ0n) is 23.6. The number of fused-ring (bicyclic) bond motifs is 4. The van der Waals surface area contributed by atoms with Gasteiger partial charge >= 0.3 is 0 Å². The lowest BCUT2D eigenvalue weighted by atomic mass is 9.98. The number of para-hydroxylation sites is 4. The molecule has 0 saturated heterocycles. The van der Waals surface area contributed by atoms with Gasteiger partial charge in [-0.25, -0.2) is 0 Å². The van der Waals surface area contributed by atoms with Gasteiger partial charge in [0.1, 0.15) is 16.7 Å². The average molecular weight is 557 g/mol. The summed E-state index contributed by atoms with van der Waals surface area (Å²) in [6, 6.07) is 45.6. The molecule has 0 aliphatic rings. The summed E-state index contributed by atoms with van der Waals surface area (Å²) in [5, 5.41) is 6.86. The SMILES string of the molecule is Cc1ccccc1-c1oc2ccc(-c3ccc(-c4cccc5c4oc4ccccc45)cc3)cc2c1Nc1ccccc1N. The summed E-state index contributed by atoms with van der Waals surface area (Å²) in [6.45, 7) is 2.10. The van der Waals surface area contributed by atoms with Crippen LogP contribution in [0.25, 0.3) is 66.5 Å². The Bertz CT molecular complexity index is 2290. The predicted octanol–water partition coefficient (Wildman–Crippen LogP) is 11.0. The van der Waals surface area contributed by atoms with Crippen molar-refractivity contribution in [1.82, 2.24) is 0 Å². The van der Waals surface area contributed by atoms with Gasteiger partial charge in [-0.15, -0.1) is 0 Å². The summed E-state index contributed by atoms with van der Waals surface area (Å²) in [7, 11) is 0. The molecule has 0 aliphatic heterocycles. The fraction of sp³-hybridized carbons (Fsp3) is 0.0256. The first-order valence-electron chi connectivity index (χ1n) is 14.4. The van der Waals surface area contributed by atoms with E-state index >= 15 is 0 Å². The molecule has 0 unspecified atom stereocenters. The third-order valence-electron chi connectivity index (χ3n) is 8.23. The number of anilines is 3. The van der Waals surface area contributed by atoms with Gasteiger partial charge in [0.15, 0.2) is 5.76 Å². The van der Waals surface area contributed by atoms with E-state index in [4.69, 9.17) is 14.6 Å². The van der Waals surface area contributed by atoms with Gasteiger partial charge in [0.2, 0.25) is 0 Å². The maximum atomic E-state index is 6.50. The minimum absolute atomic E-state index is 0.679. The minimum Gasteiger partial charge on any atom is -0.455 e. The molecule has 0 fully saturated rings. The fourth-order valence-electron chi connectivity index (χ4n) is 5.98. The fourth-order valence-corrected chi connectivity index (χ4v) is 5.98. The Balaban J connectivity index is 1.23. The summed E-state index contributed by atoms with van der Waals surface area (Å²) in [5.41, 5.74) is 18.0. The number of aryl methyl sites for hydroxylation is 1. The van der Waals surface area contributed by atoms with Crippen LogP contribution >= 0.6 is 0 Å². The monoisotopic (exact) mass is 556 g/mol. The van der Waals surface area contributed by atoms with Crippen molar-refractivity contribution < 1.29 is 8.83 Å². The molecule has 0 atom stereocenters. The standard InChI is InChI=1S/C39H28N2O2/c1-24-9-2-3-10-28(24)39-37(41-34-15-6-5-14-33(34)40)32-23-27(21-22-36(32)43-39)25-17-19-26(20-18-25)29-12-8-13-31-30-11-4-7-16-35(30)42-38(29)31/h2-23,41H,40H2,1H3. The van der Waals surface area contributed by atoms with Crippen molar-refractivity contribution in [3.63, 3.8) is 0 Å². The molecule has 0 radical (unpaired) electrons. The smallest absolute Gasteiger partial charge is 0.159 e. The Labute approximate surface area is 249 Å². The highest BCUT2D eigenvalue weighted by Gasteiger charge is 2.19. The number of hydrogen-bond acceptors (Lipinski definition) is 4. The first-order valence-corrected chi connectivity index (χ1v) is 14.4. The van der Waals surface area contributed by atoms with Crippen LogP contribution in [0.15, 0.2) is 142 Å². The van der Waals surface area contributed by atoms with Crippen LogP contribution in [0, 0.1) is 6.92 Å². The van der Waals surface area contributed by atoms with Gasteiger partial charge < -0.3 is 19.9 Å². The molecule has 0 amide bonds. The van der Waals surface area contributed by atoms with Gasteiger partial charge in [-0.1, -0.05) is 103 Å². The summed E-state index contributed by atoms with van der Waals surface area (Å²) >= 11 is 0. The molecule has 8 aromatic rings. The second-order valence-electron chi connectivity index (χ2n) is 10.9. The molecule has 206 valence electrons. The molecule has 2 aromatic heterocycles. The molecule has 4 nitrogen and oxygen atoms in total. The average Bonchev–Trinajstić information content (AvgIpc) is 3.60. The van der Waals surface area contributed by atoms with Crippen molar-refractivity contribution >= 4 is 50.0 Å². The summed E-state index contributed by atoms with van der Waals surface area (Å²) in [6.07, 6.45) is 0. The van der Waals surface area contributed by atoms with E-state index in [2.05, 4.69) is 97.2 Å². The van der Waals surface area contributed by atoms with E-state index in [1.807, 2.05) is 48.5 Å². The zero-order chi connectivity index (χ0) is 28.9. The molecule has 6 aromatic carbocycles. The van der Waals surface area contributed by atoms with Crippen LogP contribution in [0.5, 0.6) is 0 Å². The second kappa shape index (κ2) is 9.97. The van der Waals surface area contributed by atoms with Crippen LogP contribution in [0.2, 0.25) is 0 Å². The lowest BCUT2D eigenvalue weighted by molar-refractivity contribution is 0.632. The van der Waals surface area contributed by atoms with Gasteiger partial charge in [-0.3, -0.25) is 0 Å². The first kappa shape index (κ1) is 25.0. The van der Waals surface area contributed by atoms with Crippen LogP contribution in [0.1, 0.15) is 5.56 Å². The highest BCUT2D eigenvalue weighted by Crippen LogP contribution is 2.43. The van der Waals surface area contributed by atoms with Crippen molar-refractivity contribution in [3.05, 3.63) is 139 Å². The van der Waals surface area contributed by atoms with E-state index < -0.39 is 0 Å². The highest BCUT2D eigenvalue weighted by molar-refractivity contribution is 6.09. The number of furan rings is 2. The van der Waals surface area contributed by atoms with Gasteiger partial charge in [0.05, 0.1) is 17.1 Å². The van der Waals surface area contributed by atoms with E-state index in [1.54, 1.807) is 0 Å². The third-order valence-corrected chi connectivity index (χ3v) is 8.23. The second-order valence-corrected chi connectivity index (χ2v) is 10.9. The van der Waals surface area contributed by atoms with Crippen LogP contribution in [-0.2, 0) is 0 Å². The molecule has 43 heavy (non-hydrogen) atoms.